The van der Waals surface area contributed by atoms with Crippen LogP contribution in [0.1, 0.15) is 19.4 Å². The largest absolute Gasteiger partial charge is 0.532 e. The summed E-state index contributed by atoms with van der Waals surface area (Å²) < 4.78 is 6.65. The third-order valence-electron chi connectivity index (χ3n) is 3.77. The van der Waals surface area contributed by atoms with Crippen LogP contribution in [0.3, 0.4) is 0 Å². The number of hydrogen-bond donors (Lipinski definition) is 0. The van der Waals surface area contributed by atoms with Gasteiger partial charge in [0.1, 0.15) is 5.76 Å². The van der Waals surface area contributed by atoms with Crippen LogP contribution in [0.2, 0.25) is 0 Å². The minimum absolute atomic E-state index is 0.984. The molecule has 0 unspecified atom stereocenters. The molecule has 0 aliphatic carbocycles. The highest BCUT2D eigenvalue weighted by Gasteiger charge is 2.23. The van der Waals surface area contributed by atoms with E-state index < -0.39 is 9.04 Å². The molecule has 119 valence electrons. The monoisotopic (exact) mass is 329 g/mol. The molecule has 0 bridgehead atoms. The Morgan fingerprint density at radius 1 is 0.625 bits per heavy atom. The fourth-order valence-electron chi connectivity index (χ4n) is 2.60. The maximum atomic E-state index is 6.65. The molecule has 0 heterocycles. The van der Waals surface area contributed by atoms with Gasteiger partial charge in [0.2, 0.25) is 0 Å². The van der Waals surface area contributed by atoms with Gasteiger partial charge in [-0.3, -0.25) is 0 Å². The first-order valence-corrected chi connectivity index (χ1v) is 9.55. The normalized spacial score (nSPS) is 10.5. The minimum Gasteiger partial charge on any atom is -0.532 e. The molecule has 24 heavy (non-hydrogen) atoms. The van der Waals surface area contributed by atoms with E-state index in [4.69, 9.17) is 4.43 Å². The molecule has 0 saturated heterocycles. The Bertz CT molecular complexity index is 752. The highest BCUT2D eigenvalue weighted by atomic mass is 28.3. The lowest BCUT2D eigenvalue weighted by atomic mass is 10.1. The summed E-state index contributed by atoms with van der Waals surface area (Å²) in [6.07, 6.45) is 0. The Hall–Kier alpha value is -2.58. The van der Waals surface area contributed by atoms with Gasteiger partial charge >= 0.3 is 9.04 Å². The van der Waals surface area contributed by atoms with E-state index in [2.05, 4.69) is 86.6 Å². The molecule has 1 nitrogen and oxygen atoms in total. The molecule has 0 N–H and O–H groups in total. The lowest BCUT2D eigenvalue weighted by molar-refractivity contribution is 0.542. The molecule has 0 atom stereocenters. The molecule has 3 rings (SSSR count). The molecule has 0 saturated carbocycles. The second kappa shape index (κ2) is 7.80. The molecular weight excluding hydrogens is 308 g/mol. The van der Waals surface area contributed by atoms with E-state index in [0.717, 1.165) is 11.3 Å². The summed E-state index contributed by atoms with van der Waals surface area (Å²) >= 11 is 0. The number of hydrogen-bond acceptors (Lipinski definition) is 1. The summed E-state index contributed by atoms with van der Waals surface area (Å²) in [7, 11) is -1.35. The summed E-state index contributed by atoms with van der Waals surface area (Å²) in [5.41, 5.74) is 2.32. The average molecular weight is 329 g/mol. The van der Waals surface area contributed by atoms with E-state index >= 15 is 0 Å². The van der Waals surface area contributed by atoms with E-state index in [1.54, 1.807) is 0 Å². The zero-order chi connectivity index (χ0) is 16.8. The fraction of sp³-hybridized carbons (Fsp3) is 0.0909. The van der Waals surface area contributed by atoms with Crippen molar-refractivity contribution in [3.63, 3.8) is 0 Å². The molecule has 0 aliphatic rings. The van der Waals surface area contributed by atoms with Crippen molar-refractivity contribution in [2.75, 3.05) is 0 Å². The molecule has 0 amide bonds. The summed E-state index contributed by atoms with van der Waals surface area (Å²) in [5, 5.41) is 2.51. The molecule has 2 heteroatoms. The third kappa shape index (κ3) is 3.84. The Morgan fingerprint density at radius 3 is 1.46 bits per heavy atom. The smallest absolute Gasteiger partial charge is 0.352 e. The van der Waals surface area contributed by atoms with Crippen LogP contribution in [0.4, 0.5) is 0 Å². The first kappa shape index (κ1) is 16.3. The SMILES string of the molecule is CC(C)=C(O[Si](c1ccccc1)c1ccccc1)c1ccccc1. The van der Waals surface area contributed by atoms with Crippen LogP contribution in [-0.4, -0.2) is 9.04 Å². The van der Waals surface area contributed by atoms with Crippen LogP contribution in [-0.2, 0) is 4.43 Å². The summed E-state index contributed by atoms with van der Waals surface area (Å²) in [6.45, 7) is 4.22. The zero-order valence-electron chi connectivity index (χ0n) is 14.1. The number of benzene rings is 3. The van der Waals surface area contributed by atoms with Crippen molar-refractivity contribution in [2.45, 2.75) is 13.8 Å². The molecular formula is C22H21OSi. The second-order valence-corrected chi connectivity index (χ2v) is 7.88. The molecule has 3 aromatic carbocycles. The zero-order valence-corrected chi connectivity index (χ0v) is 15.1. The van der Waals surface area contributed by atoms with Crippen LogP contribution in [0.15, 0.2) is 96.6 Å². The highest BCUT2D eigenvalue weighted by molar-refractivity contribution is 6.80. The summed E-state index contributed by atoms with van der Waals surface area (Å²) in [5.74, 6) is 0.984. The minimum atomic E-state index is -1.35. The standard InChI is InChI=1S/C22H21OSi/c1-18(2)22(19-12-6-3-7-13-19)23-24(20-14-8-4-9-15-20)21-16-10-5-11-17-21/h3-17H,1-2H3. The Balaban J connectivity index is 2.02. The second-order valence-electron chi connectivity index (χ2n) is 5.86. The fourth-order valence-corrected chi connectivity index (χ4v) is 4.69. The molecule has 0 fully saturated rings. The van der Waals surface area contributed by atoms with Crippen LogP contribution in [0, 0.1) is 0 Å². The van der Waals surface area contributed by atoms with Gasteiger partial charge in [0.25, 0.3) is 0 Å². The predicted molar refractivity (Wildman–Crippen MR) is 104 cm³/mol. The van der Waals surface area contributed by atoms with Crippen molar-refractivity contribution < 1.29 is 4.43 Å². The Morgan fingerprint density at radius 2 is 1.04 bits per heavy atom. The van der Waals surface area contributed by atoms with Crippen molar-refractivity contribution in [2.24, 2.45) is 0 Å². The summed E-state index contributed by atoms with van der Waals surface area (Å²) in [6, 6.07) is 31.4. The highest BCUT2D eigenvalue weighted by Crippen LogP contribution is 2.20. The van der Waals surface area contributed by atoms with Crippen molar-refractivity contribution in [1.29, 1.82) is 0 Å². The van der Waals surface area contributed by atoms with E-state index in [1.165, 1.54) is 15.9 Å². The summed E-state index contributed by atoms with van der Waals surface area (Å²) in [4.78, 5) is 0. The molecule has 3 aromatic rings. The molecule has 0 aliphatic heterocycles. The lowest BCUT2D eigenvalue weighted by Gasteiger charge is -2.21. The van der Waals surface area contributed by atoms with Crippen LogP contribution < -0.4 is 10.4 Å². The Kier molecular flexibility index (Phi) is 5.29. The van der Waals surface area contributed by atoms with E-state index in [-0.39, 0.29) is 0 Å². The lowest BCUT2D eigenvalue weighted by Crippen LogP contribution is -2.44. The molecule has 0 spiro atoms. The van der Waals surface area contributed by atoms with Crippen molar-refractivity contribution in [3.8, 4) is 0 Å². The molecule has 1 radical (unpaired) electrons. The van der Waals surface area contributed by atoms with Gasteiger partial charge in [0.15, 0.2) is 0 Å². The van der Waals surface area contributed by atoms with Crippen LogP contribution in [0.5, 0.6) is 0 Å². The first-order chi connectivity index (χ1) is 11.8. The van der Waals surface area contributed by atoms with Gasteiger partial charge in [-0.25, -0.2) is 0 Å². The van der Waals surface area contributed by atoms with Gasteiger partial charge in [-0.05, 0) is 29.8 Å². The first-order valence-electron chi connectivity index (χ1n) is 8.14. The topological polar surface area (TPSA) is 9.23 Å². The van der Waals surface area contributed by atoms with Gasteiger partial charge in [-0.2, -0.15) is 0 Å². The van der Waals surface area contributed by atoms with Crippen LogP contribution in [0.25, 0.3) is 5.76 Å². The number of rotatable bonds is 5. The van der Waals surface area contributed by atoms with Gasteiger partial charge in [0, 0.05) is 5.56 Å². The van der Waals surface area contributed by atoms with Gasteiger partial charge in [-0.1, -0.05) is 91.0 Å². The van der Waals surface area contributed by atoms with Gasteiger partial charge < -0.3 is 4.43 Å². The van der Waals surface area contributed by atoms with Crippen LogP contribution >= 0.6 is 0 Å². The third-order valence-corrected chi connectivity index (χ3v) is 5.89. The van der Waals surface area contributed by atoms with Gasteiger partial charge in [-0.15, -0.1) is 0 Å². The van der Waals surface area contributed by atoms with E-state index in [0.29, 0.717) is 0 Å². The van der Waals surface area contributed by atoms with Crippen molar-refractivity contribution in [1.82, 2.24) is 0 Å². The van der Waals surface area contributed by atoms with Gasteiger partial charge in [0.05, 0.1) is 0 Å². The quantitative estimate of drug-likeness (QED) is 0.502. The molecule has 0 aromatic heterocycles. The maximum Gasteiger partial charge on any atom is 0.352 e. The van der Waals surface area contributed by atoms with E-state index in [9.17, 15) is 0 Å². The number of allylic oxidation sites excluding steroid dienone is 1. The average Bonchev–Trinajstić information content (AvgIpc) is 2.64. The van der Waals surface area contributed by atoms with E-state index in [1.807, 2.05) is 18.2 Å². The predicted octanol–water partition coefficient (Wildman–Crippen LogP) is 4.26. The Labute approximate surface area is 146 Å². The van der Waals surface area contributed by atoms with Crippen molar-refractivity contribution >= 4 is 25.2 Å². The van der Waals surface area contributed by atoms with Crippen molar-refractivity contribution in [3.05, 3.63) is 102 Å². The maximum absolute atomic E-state index is 6.65.